The fraction of sp³-hybridized carbons (Fsp3) is 0.133. The van der Waals surface area contributed by atoms with Crippen LogP contribution in [0.4, 0.5) is 4.39 Å². The van der Waals surface area contributed by atoms with E-state index in [2.05, 4.69) is 20.9 Å². The van der Waals surface area contributed by atoms with E-state index >= 15 is 0 Å². The summed E-state index contributed by atoms with van der Waals surface area (Å²) in [6, 6.07) is 10.5. The fourth-order valence-corrected chi connectivity index (χ4v) is 2.85. The van der Waals surface area contributed by atoms with Gasteiger partial charge in [0.25, 0.3) is 0 Å². The van der Waals surface area contributed by atoms with Gasteiger partial charge in [0.1, 0.15) is 11.6 Å². The average molecular weight is 354 g/mol. The van der Waals surface area contributed by atoms with E-state index in [4.69, 9.17) is 11.6 Å². The molecule has 0 atom stereocenters. The highest BCUT2D eigenvalue weighted by Crippen LogP contribution is 2.29. The summed E-state index contributed by atoms with van der Waals surface area (Å²) in [4.78, 5) is 4.51. The monoisotopic (exact) mass is 352 g/mol. The van der Waals surface area contributed by atoms with Gasteiger partial charge in [-0.05, 0) is 58.7 Å². The van der Waals surface area contributed by atoms with Crippen molar-refractivity contribution in [2.24, 2.45) is 0 Å². The molecule has 0 aliphatic carbocycles. The van der Waals surface area contributed by atoms with E-state index in [-0.39, 0.29) is 11.7 Å². The summed E-state index contributed by atoms with van der Waals surface area (Å²) in [6.07, 6.45) is 0. The van der Waals surface area contributed by atoms with Crippen LogP contribution < -0.4 is 0 Å². The summed E-state index contributed by atoms with van der Waals surface area (Å²) in [5.41, 5.74) is 3.59. The van der Waals surface area contributed by atoms with Crippen molar-refractivity contribution >= 4 is 38.6 Å². The number of imidazole rings is 1. The number of hydrogen-bond donors (Lipinski definition) is 0. The van der Waals surface area contributed by atoms with Gasteiger partial charge in [-0.15, -0.1) is 11.6 Å². The zero-order valence-corrected chi connectivity index (χ0v) is 13.0. The molecule has 3 aromatic rings. The molecule has 0 amide bonds. The summed E-state index contributed by atoms with van der Waals surface area (Å²) < 4.78 is 16.3. The van der Waals surface area contributed by atoms with Crippen molar-refractivity contribution < 1.29 is 4.39 Å². The minimum absolute atomic E-state index is 0.261. The molecule has 2 aromatic carbocycles. The molecule has 0 N–H and O–H groups in total. The highest BCUT2D eigenvalue weighted by Gasteiger charge is 2.14. The zero-order valence-electron chi connectivity index (χ0n) is 10.7. The summed E-state index contributed by atoms with van der Waals surface area (Å²) in [5, 5.41) is 0. The molecule has 0 bridgehead atoms. The molecule has 1 aromatic heterocycles. The van der Waals surface area contributed by atoms with Gasteiger partial charge in [-0.1, -0.05) is 6.07 Å². The van der Waals surface area contributed by atoms with Gasteiger partial charge >= 0.3 is 0 Å². The molecule has 0 spiro atoms. The molecule has 0 saturated carbocycles. The normalized spacial score (nSPS) is 11.2. The molecule has 0 aliphatic heterocycles. The maximum absolute atomic E-state index is 13.6. The Morgan fingerprint density at radius 3 is 2.80 bits per heavy atom. The second-order valence-electron chi connectivity index (χ2n) is 4.58. The van der Waals surface area contributed by atoms with E-state index in [0.717, 1.165) is 21.1 Å². The largest absolute Gasteiger partial charge is 0.294 e. The number of halogens is 3. The maximum Gasteiger partial charge on any atom is 0.129 e. The van der Waals surface area contributed by atoms with Gasteiger partial charge in [-0.2, -0.15) is 0 Å². The van der Waals surface area contributed by atoms with E-state index in [1.54, 1.807) is 6.07 Å². The molecule has 0 radical (unpaired) electrons. The molecule has 0 fully saturated rings. The van der Waals surface area contributed by atoms with E-state index in [1.165, 1.54) is 12.1 Å². The van der Waals surface area contributed by atoms with Crippen LogP contribution in [0.1, 0.15) is 11.4 Å². The minimum atomic E-state index is -0.293. The first-order valence-electron chi connectivity index (χ1n) is 6.09. The number of nitrogens with zero attached hydrogens (tertiary/aromatic N) is 2. The minimum Gasteiger partial charge on any atom is -0.294 e. The van der Waals surface area contributed by atoms with Crippen LogP contribution in [0.5, 0.6) is 0 Å². The predicted molar refractivity (Wildman–Crippen MR) is 83.0 cm³/mol. The first-order chi connectivity index (χ1) is 9.60. The van der Waals surface area contributed by atoms with E-state index in [0.29, 0.717) is 11.5 Å². The highest BCUT2D eigenvalue weighted by molar-refractivity contribution is 9.10. The smallest absolute Gasteiger partial charge is 0.129 e. The van der Waals surface area contributed by atoms with Crippen molar-refractivity contribution in [1.29, 1.82) is 0 Å². The van der Waals surface area contributed by atoms with Crippen molar-refractivity contribution in [3.05, 3.63) is 58.1 Å². The van der Waals surface area contributed by atoms with Gasteiger partial charge < -0.3 is 0 Å². The van der Waals surface area contributed by atoms with Crippen molar-refractivity contribution in [2.75, 3.05) is 0 Å². The number of rotatable bonds is 2. The van der Waals surface area contributed by atoms with Gasteiger partial charge in [0.05, 0.1) is 22.6 Å². The Balaban J connectivity index is 2.39. The molecule has 20 heavy (non-hydrogen) atoms. The number of aryl methyl sites for hydroxylation is 1. The standard InChI is InChI=1S/C15H11BrClFN2/c1-9-2-5-12-14(6-9)20(15(8-17)19-12)13-7-10(18)3-4-11(13)16/h2-7H,8H2,1H3. The van der Waals surface area contributed by atoms with Crippen LogP contribution in [0.3, 0.4) is 0 Å². The lowest BCUT2D eigenvalue weighted by atomic mass is 10.2. The van der Waals surface area contributed by atoms with Crippen molar-refractivity contribution in [3.8, 4) is 5.69 Å². The van der Waals surface area contributed by atoms with E-state index < -0.39 is 0 Å². The van der Waals surface area contributed by atoms with Crippen LogP contribution in [0.15, 0.2) is 40.9 Å². The SMILES string of the molecule is Cc1ccc2nc(CCl)n(-c3cc(F)ccc3Br)c2c1. The second-order valence-corrected chi connectivity index (χ2v) is 5.71. The quantitative estimate of drug-likeness (QED) is 0.594. The number of benzene rings is 2. The summed E-state index contributed by atoms with van der Waals surface area (Å²) in [5.74, 6) is 0.660. The van der Waals surface area contributed by atoms with Crippen molar-refractivity contribution in [2.45, 2.75) is 12.8 Å². The first kappa shape index (κ1) is 13.6. The third kappa shape index (κ3) is 2.23. The number of aromatic nitrogens is 2. The topological polar surface area (TPSA) is 17.8 Å². The Hall–Kier alpha value is -1.39. The molecule has 0 saturated heterocycles. The van der Waals surface area contributed by atoms with Crippen LogP contribution in [-0.2, 0) is 5.88 Å². The average Bonchev–Trinajstić information content (AvgIpc) is 2.79. The van der Waals surface area contributed by atoms with Crippen molar-refractivity contribution in [3.63, 3.8) is 0 Å². The Bertz CT molecular complexity index is 798. The molecule has 3 rings (SSSR count). The molecule has 2 nitrogen and oxygen atoms in total. The van der Waals surface area contributed by atoms with Gasteiger partial charge in [0, 0.05) is 4.47 Å². The van der Waals surface area contributed by atoms with Gasteiger partial charge in [-0.25, -0.2) is 9.37 Å². The lowest BCUT2D eigenvalue weighted by Gasteiger charge is -2.10. The third-order valence-electron chi connectivity index (χ3n) is 3.15. The summed E-state index contributed by atoms with van der Waals surface area (Å²) in [6.45, 7) is 2.01. The van der Waals surface area contributed by atoms with Gasteiger partial charge in [-0.3, -0.25) is 4.57 Å². The second kappa shape index (κ2) is 5.19. The van der Waals surface area contributed by atoms with Gasteiger partial charge in [0.15, 0.2) is 0 Å². The summed E-state index contributed by atoms with van der Waals surface area (Å²) >= 11 is 9.45. The zero-order chi connectivity index (χ0) is 14.3. The number of hydrogen-bond acceptors (Lipinski definition) is 1. The first-order valence-corrected chi connectivity index (χ1v) is 7.42. The fourth-order valence-electron chi connectivity index (χ4n) is 2.25. The van der Waals surface area contributed by atoms with Crippen LogP contribution in [0.25, 0.3) is 16.7 Å². The van der Waals surface area contributed by atoms with Gasteiger partial charge in [0.2, 0.25) is 0 Å². The predicted octanol–water partition coefficient (Wildman–Crippen LogP) is 4.97. The molecular formula is C15H11BrClFN2. The van der Waals surface area contributed by atoms with Crippen molar-refractivity contribution in [1.82, 2.24) is 9.55 Å². The molecule has 0 aliphatic rings. The lowest BCUT2D eigenvalue weighted by molar-refractivity contribution is 0.626. The third-order valence-corrected chi connectivity index (χ3v) is 4.06. The molecule has 0 unspecified atom stereocenters. The highest BCUT2D eigenvalue weighted by atomic mass is 79.9. The Kier molecular flexibility index (Phi) is 3.52. The van der Waals surface area contributed by atoms with Crippen LogP contribution in [0, 0.1) is 12.7 Å². The van der Waals surface area contributed by atoms with Crippen LogP contribution in [0.2, 0.25) is 0 Å². The van der Waals surface area contributed by atoms with Crippen LogP contribution in [-0.4, -0.2) is 9.55 Å². The Morgan fingerprint density at radius 2 is 2.05 bits per heavy atom. The van der Waals surface area contributed by atoms with E-state index in [1.807, 2.05) is 29.7 Å². The molecule has 102 valence electrons. The number of fused-ring (bicyclic) bond motifs is 1. The Morgan fingerprint density at radius 1 is 1.25 bits per heavy atom. The maximum atomic E-state index is 13.6. The van der Waals surface area contributed by atoms with E-state index in [9.17, 15) is 4.39 Å². The lowest BCUT2D eigenvalue weighted by Crippen LogP contribution is -2.01. The van der Waals surface area contributed by atoms with Crippen LogP contribution >= 0.6 is 27.5 Å². The Labute approximate surface area is 129 Å². The molecule has 1 heterocycles. The number of alkyl halides is 1. The molecule has 5 heteroatoms. The summed E-state index contributed by atoms with van der Waals surface area (Å²) in [7, 11) is 0. The molecular weight excluding hydrogens is 343 g/mol.